The number of para-hydroxylation sites is 1. The third-order valence-corrected chi connectivity index (χ3v) is 4.81. The number of benzene rings is 2. The Morgan fingerprint density at radius 2 is 1.90 bits per heavy atom. The number of likely N-dealkylation sites (tertiary alicyclic amines) is 1. The number of anilines is 1. The Hall–Kier alpha value is -3.34. The van der Waals surface area contributed by atoms with E-state index in [4.69, 9.17) is 4.74 Å². The van der Waals surface area contributed by atoms with Crippen molar-refractivity contribution in [1.82, 2.24) is 4.90 Å². The predicted octanol–water partition coefficient (Wildman–Crippen LogP) is 4.14. The summed E-state index contributed by atoms with van der Waals surface area (Å²) in [6.07, 6.45) is 6.66. The number of ether oxygens (including phenoxy) is 1. The maximum absolute atomic E-state index is 12.6. The molecule has 0 radical (unpaired) electrons. The number of nitrogens with one attached hydrogen (secondary N) is 1. The SMILES string of the molecule is C=CCOc1ccc(C=CC(=O)N2CCCC(C(=O)Nc3ccccc3)C2)cc1. The van der Waals surface area contributed by atoms with E-state index in [1.807, 2.05) is 54.6 Å². The molecule has 2 aromatic carbocycles. The van der Waals surface area contributed by atoms with E-state index >= 15 is 0 Å². The summed E-state index contributed by atoms with van der Waals surface area (Å²) in [5.41, 5.74) is 1.70. The highest BCUT2D eigenvalue weighted by Crippen LogP contribution is 2.20. The standard InChI is InChI=1S/C24H26N2O3/c1-2-17-29-22-13-10-19(11-14-22)12-15-23(27)26-16-6-7-20(18-26)24(28)25-21-8-4-3-5-9-21/h2-5,8-15,20H,1,6-7,16-18H2,(H,25,28). The number of amides is 2. The molecule has 3 rings (SSSR count). The normalized spacial score (nSPS) is 16.4. The predicted molar refractivity (Wildman–Crippen MR) is 116 cm³/mol. The highest BCUT2D eigenvalue weighted by molar-refractivity contribution is 5.95. The zero-order valence-electron chi connectivity index (χ0n) is 16.4. The molecule has 1 saturated heterocycles. The third-order valence-electron chi connectivity index (χ3n) is 4.81. The van der Waals surface area contributed by atoms with Crippen LogP contribution in [0.2, 0.25) is 0 Å². The molecule has 1 heterocycles. The fourth-order valence-corrected chi connectivity index (χ4v) is 3.26. The molecule has 2 aromatic rings. The lowest BCUT2D eigenvalue weighted by Crippen LogP contribution is -2.43. The number of nitrogens with zero attached hydrogens (tertiary/aromatic N) is 1. The van der Waals surface area contributed by atoms with Crippen molar-refractivity contribution in [3.05, 3.63) is 78.9 Å². The van der Waals surface area contributed by atoms with Crippen LogP contribution < -0.4 is 10.1 Å². The van der Waals surface area contributed by atoms with Crippen LogP contribution in [0.4, 0.5) is 5.69 Å². The lowest BCUT2D eigenvalue weighted by molar-refractivity contribution is -0.130. The van der Waals surface area contributed by atoms with Gasteiger partial charge in [-0.2, -0.15) is 0 Å². The van der Waals surface area contributed by atoms with Crippen molar-refractivity contribution in [2.75, 3.05) is 25.0 Å². The third kappa shape index (κ3) is 6.07. The number of piperidine rings is 1. The lowest BCUT2D eigenvalue weighted by atomic mass is 9.97. The Bertz CT molecular complexity index is 859. The molecule has 1 aliphatic heterocycles. The molecule has 1 unspecified atom stereocenters. The van der Waals surface area contributed by atoms with Crippen LogP contribution in [0.25, 0.3) is 6.08 Å². The quantitative estimate of drug-likeness (QED) is 0.571. The van der Waals surface area contributed by atoms with Gasteiger partial charge in [0.05, 0.1) is 5.92 Å². The van der Waals surface area contributed by atoms with Crippen molar-refractivity contribution in [1.29, 1.82) is 0 Å². The number of carbonyl (C=O) groups is 2. The van der Waals surface area contributed by atoms with Crippen LogP contribution in [-0.2, 0) is 9.59 Å². The Labute approximate surface area is 171 Å². The van der Waals surface area contributed by atoms with E-state index in [0.717, 1.165) is 29.8 Å². The molecule has 1 N–H and O–H groups in total. The van der Waals surface area contributed by atoms with E-state index in [1.165, 1.54) is 0 Å². The zero-order chi connectivity index (χ0) is 20.5. The van der Waals surface area contributed by atoms with Crippen LogP contribution in [0.15, 0.2) is 73.3 Å². The Balaban J connectivity index is 1.54. The van der Waals surface area contributed by atoms with E-state index in [1.54, 1.807) is 23.1 Å². The van der Waals surface area contributed by atoms with Crippen molar-refractivity contribution in [2.45, 2.75) is 12.8 Å². The number of hydrogen-bond acceptors (Lipinski definition) is 3. The molecule has 1 aliphatic rings. The van der Waals surface area contributed by atoms with E-state index < -0.39 is 0 Å². The molecule has 1 atom stereocenters. The fourth-order valence-electron chi connectivity index (χ4n) is 3.26. The monoisotopic (exact) mass is 390 g/mol. The van der Waals surface area contributed by atoms with Gasteiger partial charge in [0.15, 0.2) is 0 Å². The molecule has 2 amide bonds. The molecule has 0 aliphatic carbocycles. The minimum Gasteiger partial charge on any atom is -0.490 e. The van der Waals surface area contributed by atoms with Gasteiger partial charge in [0.2, 0.25) is 11.8 Å². The topological polar surface area (TPSA) is 58.6 Å². The van der Waals surface area contributed by atoms with Crippen LogP contribution in [0, 0.1) is 5.92 Å². The summed E-state index contributed by atoms with van der Waals surface area (Å²) in [5, 5.41) is 2.94. The first kappa shape index (κ1) is 20.4. The van der Waals surface area contributed by atoms with E-state index in [9.17, 15) is 9.59 Å². The van der Waals surface area contributed by atoms with Crippen LogP contribution in [0.3, 0.4) is 0 Å². The van der Waals surface area contributed by atoms with Gasteiger partial charge in [-0.25, -0.2) is 0 Å². The maximum atomic E-state index is 12.6. The van der Waals surface area contributed by atoms with Crippen LogP contribution in [0.1, 0.15) is 18.4 Å². The molecule has 1 fully saturated rings. The van der Waals surface area contributed by atoms with E-state index in [2.05, 4.69) is 11.9 Å². The molecule has 0 aromatic heterocycles. The van der Waals surface area contributed by atoms with Crippen LogP contribution >= 0.6 is 0 Å². The highest BCUT2D eigenvalue weighted by Gasteiger charge is 2.27. The summed E-state index contributed by atoms with van der Waals surface area (Å²) in [6, 6.07) is 16.9. The minimum atomic E-state index is -0.192. The molecule has 0 saturated carbocycles. The molecule has 0 spiro atoms. The fraction of sp³-hybridized carbons (Fsp3) is 0.250. The smallest absolute Gasteiger partial charge is 0.246 e. The van der Waals surface area contributed by atoms with Crippen LogP contribution in [0.5, 0.6) is 5.75 Å². The molecule has 29 heavy (non-hydrogen) atoms. The van der Waals surface area contributed by atoms with Gasteiger partial charge in [0, 0.05) is 24.9 Å². The summed E-state index contributed by atoms with van der Waals surface area (Å²) in [5.74, 6) is 0.460. The number of hydrogen-bond donors (Lipinski definition) is 1. The van der Waals surface area contributed by atoms with E-state index in [0.29, 0.717) is 19.7 Å². The number of rotatable bonds is 7. The first-order valence-electron chi connectivity index (χ1n) is 9.82. The van der Waals surface area contributed by atoms with Gasteiger partial charge in [0.25, 0.3) is 0 Å². The molecule has 150 valence electrons. The van der Waals surface area contributed by atoms with Crippen molar-refractivity contribution < 1.29 is 14.3 Å². The molecule has 5 nitrogen and oxygen atoms in total. The van der Waals surface area contributed by atoms with Gasteiger partial charge < -0.3 is 15.0 Å². The summed E-state index contributed by atoms with van der Waals surface area (Å²) in [4.78, 5) is 26.9. The summed E-state index contributed by atoms with van der Waals surface area (Å²) >= 11 is 0. The van der Waals surface area contributed by atoms with Gasteiger partial charge in [-0.05, 0) is 48.7 Å². The van der Waals surface area contributed by atoms with Crippen molar-refractivity contribution in [3.63, 3.8) is 0 Å². The second kappa shape index (κ2) is 10.3. The second-order valence-corrected chi connectivity index (χ2v) is 6.98. The molecule has 5 heteroatoms. The molecular weight excluding hydrogens is 364 g/mol. The summed E-state index contributed by atoms with van der Waals surface area (Å²) in [6.45, 7) is 5.19. The zero-order valence-corrected chi connectivity index (χ0v) is 16.4. The van der Waals surface area contributed by atoms with Gasteiger partial charge in [0.1, 0.15) is 12.4 Å². The highest BCUT2D eigenvalue weighted by atomic mass is 16.5. The van der Waals surface area contributed by atoms with Crippen LogP contribution in [-0.4, -0.2) is 36.4 Å². The van der Waals surface area contributed by atoms with Gasteiger partial charge in [-0.3, -0.25) is 9.59 Å². The Morgan fingerprint density at radius 3 is 2.62 bits per heavy atom. The van der Waals surface area contributed by atoms with E-state index in [-0.39, 0.29) is 17.7 Å². The van der Waals surface area contributed by atoms with Gasteiger partial charge >= 0.3 is 0 Å². The first-order valence-corrected chi connectivity index (χ1v) is 9.82. The average Bonchev–Trinajstić information content (AvgIpc) is 2.77. The molecular formula is C24H26N2O3. The molecule has 0 bridgehead atoms. The summed E-state index contributed by atoms with van der Waals surface area (Å²) in [7, 11) is 0. The van der Waals surface area contributed by atoms with Crippen molar-refractivity contribution >= 4 is 23.6 Å². The Kier molecular flexibility index (Phi) is 7.22. The largest absolute Gasteiger partial charge is 0.490 e. The summed E-state index contributed by atoms with van der Waals surface area (Å²) < 4.78 is 5.45. The van der Waals surface area contributed by atoms with Crippen molar-refractivity contribution in [3.8, 4) is 5.75 Å². The first-order chi connectivity index (χ1) is 14.2. The number of carbonyl (C=O) groups excluding carboxylic acids is 2. The van der Waals surface area contributed by atoms with Crippen molar-refractivity contribution in [2.24, 2.45) is 5.92 Å². The van der Waals surface area contributed by atoms with Gasteiger partial charge in [-0.15, -0.1) is 0 Å². The van der Waals surface area contributed by atoms with Gasteiger partial charge in [-0.1, -0.05) is 43.0 Å². The second-order valence-electron chi connectivity index (χ2n) is 6.98. The lowest BCUT2D eigenvalue weighted by Gasteiger charge is -2.31. The Morgan fingerprint density at radius 1 is 1.14 bits per heavy atom. The maximum Gasteiger partial charge on any atom is 0.246 e. The average molecular weight is 390 g/mol. The minimum absolute atomic E-state index is 0.0345.